The molecule has 1 nitrogen and oxygen atoms in total. The third kappa shape index (κ3) is 1.33. The highest BCUT2D eigenvalue weighted by Crippen LogP contribution is 2.34. The van der Waals surface area contributed by atoms with Gasteiger partial charge in [0.2, 0.25) is 0 Å². The van der Waals surface area contributed by atoms with Crippen molar-refractivity contribution < 1.29 is 17.6 Å². The molecule has 76 valence electrons. The molecular formula is C8H4BrF4N. The van der Waals surface area contributed by atoms with Crippen molar-refractivity contribution in [1.29, 1.82) is 0 Å². The van der Waals surface area contributed by atoms with Crippen LogP contribution in [0.1, 0.15) is 11.6 Å². The molecule has 1 aliphatic rings. The summed E-state index contributed by atoms with van der Waals surface area (Å²) in [7, 11) is 0. The molecule has 0 aromatic heterocycles. The SMILES string of the molecule is Fc1c(F)c([C@@H]2CN2)c(F)c(F)c1Br. The Kier molecular flexibility index (Phi) is 2.27. The molecule has 0 aliphatic carbocycles. The third-order valence-corrected chi connectivity index (χ3v) is 2.70. The molecule has 0 saturated carbocycles. The lowest BCUT2D eigenvalue weighted by Crippen LogP contribution is -2.04. The van der Waals surface area contributed by atoms with Crippen molar-refractivity contribution in [3.05, 3.63) is 33.3 Å². The number of rotatable bonds is 1. The van der Waals surface area contributed by atoms with Crippen LogP contribution in [-0.2, 0) is 0 Å². The number of benzene rings is 1. The molecular weight excluding hydrogens is 266 g/mol. The monoisotopic (exact) mass is 269 g/mol. The van der Waals surface area contributed by atoms with E-state index in [1.807, 2.05) is 0 Å². The lowest BCUT2D eigenvalue weighted by Gasteiger charge is -2.06. The van der Waals surface area contributed by atoms with Gasteiger partial charge in [0.15, 0.2) is 23.3 Å². The van der Waals surface area contributed by atoms with Gasteiger partial charge in [-0.05, 0) is 15.9 Å². The zero-order valence-corrected chi connectivity index (χ0v) is 8.26. The second-order valence-corrected chi connectivity index (χ2v) is 3.74. The summed E-state index contributed by atoms with van der Waals surface area (Å²) in [5.41, 5.74) is -0.566. The van der Waals surface area contributed by atoms with Crippen molar-refractivity contribution in [3.8, 4) is 0 Å². The molecule has 1 N–H and O–H groups in total. The van der Waals surface area contributed by atoms with Gasteiger partial charge in [0.05, 0.1) is 10.5 Å². The molecule has 0 radical (unpaired) electrons. The van der Waals surface area contributed by atoms with E-state index in [0.717, 1.165) is 0 Å². The zero-order valence-electron chi connectivity index (χ0n) is 6.67. The van der Waals surface area contributed by atoms with Crippen LogP contribution >= 0.6 is 15.9 Å². The summed E-state index contributed by atoms with van der Waals surface area (Å²) in [4.78, 5) is 0. The van der Waals surface area contributed by atoms with E-state index in [2.05, 4.69) is 21.2 Å². The molecule has 0 amide bonds. The molecule has 1 fully saturated rings. The first-order valence-corrected chi connectivity index (χ1v) is 4.58. The van der Waals surface area contributed by atoms with Crippen LogP contribution in [0.5, 0.6) is 0 Å². The predicted octanol–water partition coefficient (Wildman–Crippen LogP) is 2.65. The van der Waals surface area contributed by atoms with Gasteiger partial charge in [-0.1, -0.05) is 0 Å². The molecule has 1 aromatic carbocycles. The molecule has 6 heteroatoms. The summed E-state index contributed by atoms with van der Waals surface area (Å²) in [5, 5.41) is 2.58. The summed E-state index contributed by atoms with van der Waals surface area (Å²) < 4.78 is 51.4. The smallest absolute Gasteiger partial charge is 0.176 e. The maximum absolute atomic E-state index is 13.1. The normalized spacial score (nSPS) is 19.9. The van der Waals surface area contributed by atoms with E-state index in [-0.39, 0.29) is 0 Å². The van der Waals surface area contributed by atoms with Gasteiger partial charge in [0.1, 0.15) is 0 Å². The fraction of sp³-hybridized carbons (Fsp3) is 0.250. The molecule has 0 bridgehead atoms. The molecule has 14 heavy (non-hydrogen) atoms. The molecule has 0 unspecified atom stereocenters. The highest BCUT2D eigenvalue weighted by molar-refractivity contribution is 9.10. The van der Waals surface area contributed by atoms with Crippen molar-refractivity contribution in [2.75, 3.05) is 6.54 Å². The number of hydrogen-bond donors (Lipinski definition) is 1. The highest BCUT2D eigenvalue weighted by atomic mass is 79.9. The maximum atomic E-state index is 13.1. The van der Waals surface area contributed by atoms with Crippen LogP contribution in [0.15, 0.2) is 4.47 Å². The van der Waals surface area contributed by atoms with Crippen molar-refractivity contribution in [1.82, 2.24) is 5.32 Å². The molecule has 0 spiro atoms. The lowest BCUT2D eigenvalue weighted by atomic mass is 10.1. The van der Waals surface area contributed by atoms with Gasteiger partial charge in [-0.3, -0.25) is 0 Å². The van der Waals surface area contributed by atoms with E-state index in [4.69, 9.17) is 0 Å². The van der Waals surface area contributed by atoms with Crippen molar-refractivity contribution in [2.45, 2.75) is 6.04 Å². The van der Waals surface area contributed by atoms with E-state index in [0.29, 0.717) is 6.54 Å². The minimum atomic E-state index is -1.40. The Morgan fingerprint density at radius 3 is 1.79 bits per heavy atom. The third-order valence-electron chi connectivity index (χ3n) is 2.00. The molecule has 2 rings (SSSR count). The van der Waals surface area contributed by atoms with Crippen molar-refractivity contribution in [3.63, 3.8) is 0 Å². The van der Waals surface area contributed by atoms with Crippen LogP contribution < -0.4 is 5.32 Å². The van der Waals surface area contributed by atoms with Crippen LogP contribution in [0.2, 0.25) is 0 Å². The first-order chi connectivity index (χ1) is 6.54. The fourth-order valence-electron chi connectivity index (χ4n) is 1.19. The zero-order chi connectivity index (χ0) is 10.5. The summed E-state index contributed by atoms with van der Waals surface area (Å²) in [6.07, 6.45) is 0. The maximum Gasteiger partial charge on any atom is 0.176 e. The Morgan fingerprint density at radius 2 is 1.43 bits per heavy atom. The van der Waals surface area contributed by atoms with E-state index in [1.165, 1.54) is 0 Å². The number of hydrogen-bond acceptors (Lipinski definition) is 1. The molecule has 1 saturated heterocycles. The second-order valence-electron chi connectivity index (χ2n) is 2.94. The largest absolute Gasteiger partial charge is 0.307 e. The quantitative estimate of drug-likeness (QED) is 0.360. The van der Waals surface area contributed by atoms with E-state index in [9.17, 15) is 17.6 Å². The Labute approximate surface area is 85.2 Å². The Hall–Kier alpha value is -0.620. The highest BCUT2D eigenvalue weighted by Gasteiger charge is 2.34. The van der Waals surface area contributed by atoms with Gasteiger partial charge in [-0.25, -0.2) is 17.6 Å². The summed E-state index contributed by atoms with van der Waals surface area (Å²) in [6, 6.07) is -0.618. The Balaban J connectivity index is 2.69. The standard InChI is InChI=1S/C8H4BrF4N/c9-4-7(12)5(10)3(2-1-14-2)6(11)8(4)13/h2,14H,1H2/t2-/m0/s1. The van der Waals surface area contributed by atoms with Gasteiger partial charge in [-0.2, -0.15) is 0 Å². The average molecular weight is 270 g/mol. The first-order valence-electron chi connectivity index (χ1n) is 3.78. The first kappa shape index (κ1) is 9.92. The fourth-order valence-corrected chi connectivity index (χ4v) is 1.54. The Morgan fingerprint density at radius 1 is 1.00 bits per heavy atom. The second kappa shape index (κ2) is 3.20. The number of halogens is 5. The van der Waals surface area contributed by atoms with E-state index < -0.39 is 39.3 Å². The predicted molar refractivity (Wildman–Crippen MR) is 44.7 cm³/mol. The average Bonchev–Trinajstić information content (AvgIpc) is 2.96. The van der Waals surface area contributed by atoms with Gasteiger partial charge >= 0.3 is 0 Å². The summed E-state index contributed by atoms with van der Waals surface area (Å²) in [5.74, 6) is -5.48. The molecule has 1 aliphatic heterocycles. The minimum absolute atomic E-state index is 0.328. The topological polar surface area (TPSA) is 21.9 Å². The van der Waals surface area contributed by atoms with Crippen LogP contribution in [0.4, 0.5) is 17.6 Å². The van der Waals surface area contributed by atoms with Crippen LogP contribution in [-0.4, -0.2) is 6.54 Å². The van der Waals surface area contributed by atoms with Crippen LogP contribution in [0.3, 0.4) is 0 Å². The summed E-state index contributed by atoms with van der Waals surface area (Å²) >= 11 is 2.43. The van der Waals surface area contributed by atoms with Crippen molar-refractivity contribution >= 4 is 15.9 Å². The van der Waals surface area contributed by atoms with Crippen molar-refractivity contribution in [2.24, 2.45) is 0 Å². The van der Waals surface area contributed by atoms with Crippen LogP contribution in [0.25, 0.3) is 0 Å². The molecule has 1 heterocycles. The van der Waals surface area contributed by atoms with Crippen LogP contribution in [0, 0.1) is 23.3 Å². The number of nitrogens with one attached hydrogen (secondary N) is 1. The lowest BCUT2D eigenvalue weighted by molar-refractivity contribution is 0.432. The van der Waals surface area contributed by atoms with Gasteiger partial charge in [-0.15, -0.1) is 0 Å². The van der Waals surface area contributed by atoms with E-state index >= 15 is 0 Å². The summed E-state index contributed by atoms with van der Waals surface area (Å²) in [6.45, 7) is 0.328. The van der Waals surface area contributed by atoms with E-state index in [1.54, 1.807) is 0 Å². The Bertz CT molecular complexity index is 374. The van der Waals surface area contributed by atoms with Gasteiger partial charge < -0.3 is 5.32 Å². The minimum Gasteiger partial charge on any atom is -0.307 e. The molecule has 1 atom stereocenters. The van der Waals surface area contributed by atoms with Gasteiger partial charge in [0, 0.05) is 12.1 Å². The molecule has 1 aromatic rings. The van der Waals surface area contributed by atoms with Gasteiger partial charge in [0.25, 0.3) is 0 Å².